The Morgan fingerprint density at radius 2 is 1.44 bits per heavy atom. The predicted octanol–water partition coefficient (Wildman–Crippen LogP) is 13.6. The standard InChI is InChI=1S/C52H45N5/c1-8-19-36(12-5)40-31-41(37-22-15-14-16-23-37)33-42(32-40)56-47(20-9-2)43(13-6)46-34-38(27-29-49(46)56)39-26-28-45-44-24-17-18-25-48(44)57(50(45)35-39)52(53-7)55-51(21-10-3)54-30-11-4/h8-20,22-29,31-35H,1,3-7,21,30H2,2H3/b20-9-,36-19+,54-51?,55-52?. The molecule has 2 heterocycles. The van der Waals surface area contributed by atoms with E-state index in [9.17, 15) is 0 Å². The highest BCUT2D eigenvalue weighted by molar-refractivity contribution is 6.16. The summed E-state index contributed by atoms with van der Waals surface area (Å²) in [7, 11) is 0. The Kier molecular flexibility index (Phi) is 11.3. The zero-order chi connectivity index (χ0) is 39.9. The fraction of sp³-hybridized carbons (Fsp3) is 0.0577. The average molecular weight is 740 g/mol. The van der Waals surface area contributed by atoms with Crippen molar-refractivity contribution >= 4 is 68.9 Å². The van der Waals surface area contributed by atoms with Gasteiger partial charge in [0.1, 0.15) is 5.84 Å². The summed E-state index contributed by atoms with van der Waals surface area (Å²) in [5.41, 5.74) is 12.6. The second kappa shape index (κ2) is 17.0. The molecule has 0 bridgehead atoms. The number of hydrogen-bond donors (Lipinski definition) is 0. The summed E-state index contributed by atoms with van der Waals surface area (Å²) in [6.07, 6.45) is 15.9. The van der Waals surface area contributed by atoms with Crippen LogP contribution in [0.4, 0.5) is 0 Å². The van der Waals surface area contributed by atoms with E-state index in [2.05, 4.69) is 168 Å². The molecule has 57 heavy (non-hydrogen) atoms. The molecule has 0 unspecified atom stereocenters. The molecule has 0 spiro atoms. The van der Waals surface area contributed by atoms with Crippen LogP contribution in [0.1, 0.15) is 30.2 Å². The Morgan fingerprint density at radius 3 is 2.16 bits per heavy atom. The molecule has 5 heteroatoms. The first-order valence-electron chi connectivity index (χ1n) is 18.9. The van der Waals surface area contributed by atoms with Crippen LogP contribution in [0.15, 0.2) is 194 Å². The number of aromatic nitrogens is 2. The van der Waals surface area contributed by atoms with Gasteiger partial charge in [0.15, 0.2) is 0 Å². The van der Waals surface area contributed by atoms with Crippen LogP contribution >= 0.6 is 0 Å². The van der Waals surface area contributed by atoms with Gasteiger partial charge in [0.05, 0.1) is 28.8 Å². The van der Waals surface area contributed by atoms with Gasteiger partial charge in [-0.1, -0.05) is 129 Å². The summed E-state index contributed by atoms with van der Waals surface area (Å²) in [6, 6.07) is 38.7. The topological polar surface area (TPSA) is 46.9 Å². The number of amidine groups is 1. The van der Waals surface area contributed by atoms with E-state index in [-0.39, 0.29) is 0 Å². The van der Waals surface area contributed by atoms with Gasteiger partial charge < -0.3 is 4.57 Å². The molecular formula is C52H45N5. The van der Waals surface area contributed by atoms with E-state index in [4.69, 9.17) is 4.99 Å². The third-order valence-electron chi connectivity index (χ3n) is 10.0. The van der Waals surface area contributed by atoms with Crippen molar-refractivity contribution < 1.29 is 0 Å². The fourth-order valence-corrected chi connectivity index (χ4v) is 7.52. The molecule has 2 aromatic heterocycles. The first-order chi connectivity index (χ1) is 28.0. The van der Waals surface area contributed by atoms with E-state index >= 15 is 0 Å². The summed E-state index contributed by atoms with van der Waals surface area (Å²) >= 11 is 0. The third kappa shape index (κ3) is 7.27. The molecule has 0 radical (unpaired) electrons. The smallest absolute Gasteiger partial charge is 0.235 e. The molecule has 0 atom stereocenters. The minimum absolute atomic E-state index is 0.445. The maximum atomic E-state index is 4.89. The summed E-state index contributed by atoms with van der Waals surface area (Å²) in [6.45, 7) is 26.5. The second-order valence-corrected chi connectivity index (χ2v) is 13.5. The lowest BCUT2D eigenvalue weighted by Gasteiger charge is -2.15. The monoisotopic (exact) mass is 739 g/mol. The third-order valence-corrected chi connectivity index (χ3v) is 10.0. The largest absolute Gasteiger partial charge is 0.309 e. The lowest BCUT2D eigenvalue weighted by Crippen LogP contribution is -2.11. The Hall–Kier alpha value is -7.37. The first-order valence-corrected chi connectivity index (χ1v) is 18.9. The van der Waals surface area contributed by atoms with Gasteiger partial charge in [-0.2, -0.15) is 4.99 Å². The molecule has 7 aromatic rings. The van der Waals surface area contributed by atoms with Gasteiger partial charge in [-0.3, -0.25) is 9.56 Å². The maximum Gasteiger partial charge on any atom is 0.235 e. The van der Waals surface area contributed by atoms with Gasteiger partial charge in [0, 0.05) is 33.8 Å². The summed E-state index contributed by atoms with van der Waals surface area (Å²) in [5.74, 6) is 1.05. The highest BCUT2D eigenvalue weighted by Gasteiger charge is 2.20. The van der Waals surface area contributed by atoms with Crippen molar-refractivity contribution in [2.45, 2.75) is 13.3 Å². The summed E-state index contributed by atoms with van der Waals surface area (Å²) in [4.78, 5) is 13.9. The molecule has 0 N–H and O–H groups in total. The molecule has 5 nitrogen and oxygen atoms in total. The van der Waals surface area contributed by atoms with Crippen LogP contribution in [0.5, 0.6) is 0 Å². The van der Waals surface area contributed by atoms with Crippen LogP contribution in [0.3, 0.4) is 0 Å². The van der Waals surface area contributed by atoms with Gasteiger partial charge in [-0.25, -0.2) is 4.99 Å². The highest BCUT2D eigenvalue weighted by atomic mass is 15.2. The minimum atomic E-state index is 0.445. The Labute approximate surface area is 335 Å². The second-order valence-electron chi connectivity index (χ2n) is 13.5. The molecule has 0 aliphatic heterocycles. The normalized spacial score (nSPS) is 12.4. The molecule has 0 aliphatic carbocycles. The zero-order valence-corrected chi connectivity index (χ0v) is 32.4. The Morgan fingerprint density at radius 1 is 0.684 bits per heavy atom. The van der Waals surface area contributed by atoms with E-state index in [1.54, 1.807) is 18.2 Å². The van der Waals surface area contributed by atoms with E-state index < -0.39 is 0 Å². The summed E-state index contributed by atoms with van der Waals surface area (Å²) < 4.78 is 4.40. The Bertz CT molecular complexity index is 2850. The summed E-state index contributed by atoms with van der Waals surface area (Å²) in [5, 5.41) is 3.28. The molecule has 5 aromatic carbocycles. The van der Waals surface area contributed by atoms with Gasteiger partial charge in [0.2, 0.25) is 5.96 Å². The number of nitrogens with zero attached hydrogens (tertiary/aromatic N) is 5. The van der Waals surface area contributed by atoms with Crippen molar-refractivity contribution in [2.75, 3.05) is 6.54 Å². The van der Waals surface area contributed by atoms with E-state index in [1.807, 2.05) is 37.3 Å². The minimum Gasteiger partial charge on any atom is -0.309 e. The number of fused-ring (bicyclic) bond motifs is 4. The highest BCUT2D eigenvalue weighted by Crippen LogP contribution is 2.39. The van der Waals surface area contributed by atoms with Crippen LogP contribution in [0, 0.1) is 0 Å². The molecule has 0 fully saturated rings. The SMILES string of the molecule is C=C/C=C(\C=C)c1cc(-c2ccccc2)cc(-n2c(/C=C\C)c(C=C)c3cc(-c4ccc5c6ccccc6n(C(N=C)=NC(CC=C)=NCC=C)c5c4)ccc32)c1. The first kappa shape index (κ1) is 37.9. The molecule has 0 amide bonds. The van der Waals surface area contributed by atoms with E-state index in [0.29, 0.717) is 24.8 Å². The molecular weight excluding hydrogens is 695 g/mol. The zero-order valence-electron chi connectivity index (χ0n) is 32.4. The molecule has 0 saturated heterocycles. The van der Waals surface area contributed by atoms with Gasteiger partial charge >= 0.3 is 0 Å². The maximum absolute atomic E-state index is 4.89. The Balaban J connectivity index is 1.45. The van der Waals surface area contributed by atoms with Crippen LogP contribution in [-0.2, 0) is 0 Å². The van der Waals surface area contributed by atoms with E-state index in [1.165, 1.54) is 0 Å². The van der Waals surface area contributed by atoms with Gasteiger partial charge in [-0.15, -0.1) is 13.2 Å². The number of rotatable bonds is 12. The van der Waals surface area contributed by atoms with Crippen molar-refractivity contribution in [3.8, 4) is 27.9 Å². The van der Waals surface area contributed by atoms with Crippen molar-refractivity contribution in [3.05, 3.63) is 195 Å². The number of hydrogen-bond acceptors (Lipinski definition) is 1. The molecule has 278 valence electrons. The molecule has 0 saturated carbocycles. The van der Waals surface area contributed by atoms with Crippen molar-refractivity contribution in [1.82, 2.24) is 9.13 Å². The lowest BCUT2D eigenvalue weighted by atomic mass is 9.97. The van der Waals surface area contributed by atoms with Gasteiger partial charge in [0.25, 0.3) is 0 Å². The van der Waals surface area contributed by atoms with E-state index in [0.717, 1.165) is 83.0 Å². The van der Waals surface area contributed by atoms with Gasteiger partial charge in [-0.05, 0) is 95.6 Å². The number of para-hydroxylation sites is 1. The molecule has 7 rings (SSSR count). The average Bonchev–Trinajstić information content (AvgIpc) is 3.75. The van der Waals surface area contributed by atoms with Crippen LogP contribution in [0.2, 0.25) is 0 Å². The lowest BCUT2D eigenvalue weighted by molar-refractivity contribution is 1.10. The van der Waals surface area contributed by atoms with Crippen molar-refractivity contribution in [3.63, 3.8) is 0 Å². The van der Waals surface area contributed by atoms with Crippen LogP contribution < -0.4 is 0 Å². The predicted molar refractivity (Wildman–Crippen MR) is 250 cm³/mol. The quantitative estimate of drug-likeness (QED) is 0.0518. The number of allylic oxidation sites excluding steroid dienone is 5. The molecule has 0 aliphatic rings. The van der Waals surface area contributed by atoms with Crippen LogP contribution in [0.25, 0.3) is 78.4 Å². The number of benzene rings is 5. The van der Waals surface area contributed by atoms with Crippen LogP contribution in [-0.4, -0.2) is 34.2 Å². The number of aliphatic imine (C=N–C) groups is 3. The fourth-order valence-electron chi connectivity index (χ4n) is 7.52. The van der Waals surface area contributed by atoms with Crippen molar-refractivity contribution in [2.24, 2.45) is 15.0 Å². The van der Waals surface area contributed by atoms with Crippen molar-refractivity contribution in [1.29, 1.82) is 0 Å².